The summed E-state index contributed by atoms with van der Waals surface area (Å²) in [7, 11) is 1.64. The van der Waals surface area contributed by atoms with Crippen molar-refractivity contribution in [2.24, 2.45) is 0 Å². The largest absolute Gasteiger partial charge is 0.497 e. The molecule has 0 aliphatic carbocycles. The molecule has 1 saturated heterocycles. The maximum Gasteiger partial charge on any atom is 0.233 e. The number of hydrogen-bond donors (Lipinski definition) is 1. The van der Waals surface area contributed by atoms with Crippen LogP contribution in [0.25, 0.3) is 11.4 Å². The number of aromatic nitrogens is 3. The second-order valence-electron chi connectivity index (χ2n) is 6.24. The van der Waals surface area contributed by atoms with Crippen molar-refractivity contribution in [2.45, 2.75) is 24.0 Å². The minimum Gasteiger partial charge on any atom is -0.497 e. The molecule has 3 heterocycles. The third kappa shape index (κ3) is 4.01. The summed E-state index contributed by atoms with van der Waals surface area (Å²) in [5.74, 6) is 1.98. The van der Waals surface area contributed by atoms with Crippen LogP contribution in [0.4, 0.5) is 0 Å². The number of ether oxygens (including phenoxy) is 1. The summed E-state index contributed by atoms with van der Waals surface area (Å²) in [5, 5.41) is 9.82. The molecule has 0 spiro atoms. The Bertz CT molecular complexity index is 893. The predicted octanol–water partition coefficient (Wildman–Crippen LogP) is 4.00. The molecular weight excluding hydrogens is 380 g/mol. The highest BCUT2D eigenvalue weighted by molar-refractivity contribution is 7.99. The molecule has 1 fully saturated rings. The number of rotatable bonds is 6. The molecule has 3 aromatic rings. The normalized spacial score (nSPS) is 16.6. The molecule has 8 heteroatoms. The SMILES string of the molecule is COc1ccc(-c2nc(SCC(=O)N3CCC[C@H]3c3cccs3)n[nH]2)cc1. The highest BCUT2D eigenvalue weighted by Crippen LogP contribution is 2.35. The van der Waals surface area contributed by atoms with Crippen molar-refractivity contribution in [1.29, 1.82) is 0 Å². The number of likely N-dealkylation sites (tertiary alicyclic amines) is 1. The van der Waals surface area contributed by atoms with Gasteiger partial charge in [0.05, 0.1) is 18.9 Å². The first-order valence-corrected chi connectivity index (χ1v) is 10.6. The van der Waals surface area contributed by atoms with Gasteiger partial charge in [0.2, 0.25) is 11.1 Å². The molecule has 140 valence electrons. The molecule has 4 rings (SSSR count). The molecule has 0 saturated carbocycles. The van der Waals surface area contributed by atoms with Crippen molar-refractivity contribution in [3.8, 4) is 17.1 Å². The summed E-state index contributed by atoms with van der Waals surface area (Å²) < 4.78 is 5.17. The molecule has 6 nitrogen and oxygen atoms in total. The first kappa shape index (κ1) is 18.1. The van der Waals surface area contributed by atoms with E-state index in [1.165, 1.54) is 16.6 Å². The number of hydrogen-bond acceptors (Lipinski definition) is 6. The summed E-state index contributed by atoms with van der Waals surface area (Å²) in [6.07, 6.45) is 2.10. The Labute approximate surface area is 166 Å². The van der Waals surface area contributed by atoms with Crippen LogP contribution in [0, 0.1) is 0 Å². The van der Waals surface area contributed by atoms with E-state index in [-0.39, 0.29) is 11.9 Å². The van der Waals surface area contributed by atoms with E-state index in [1.807, 2.05) is 35.2 Å². The van der Waals surface area contributed by atoms with Gasteiger partial charge in [0, 0.05) is 17.0 Å². The van der Waals surface area contributed by atoms with Crippen molar-refractivity contribution < 1.29 is 9.53 Å². The monoisotopic (exact) mass is 400 g/mol. The van der Waals surface area contributed by atoms with Gasteiger partial charge in [-0.2, -0.15) is 0 Å². The third-order valence-electron chi connectivity index (χ3n) is 4.60. The Morgan fingerprint density at radius 1 is 1.37 bits per heavy atom. The van der Waals surface area contributed by atoms with Gasteiger partial charge in [-0.25, -0.2) is 4.98 Å². The number of H-pyrrole nitrogens is 1. The van der Waals surface area contributed by atoms with Crippen LogP contribution in [0.1, 0.15) is 23.8 Å². The zero-order chi connectivity index (χ0) is 18.6. The van der Waals surface area contributed by atoms with Crippen LogP contribution in [0.2, 0.25) is 0 Å². The van der Waals surface area contributed by atoms with Crippen LogP contribution in [0.15, 0.2) is 46.9 Å². The minimum atomic E-state index is 0.145. The summed E-state index contributed by atoms with van der Waals surface area (Å²) >= 11 is 3.09. The molecule has 1 amide bonds. The van der Waals surface area contributed by atoms with E-state index in [4.69, 9.17) is 4.74 Å². The molecule has 1 N–H and O–H groups in total. The van der Waals surface area contributed by atoms with Gasteiger partial charge >= 0.3 is 0 Å². The Kier molecular flexibility index (Phi) is 5.45. The van der Waals surface area contributed by atoms with Crippen molar-refractivity contribution in [3.05, 3.63) is 46.7 Å². The smallest absolute Gasteiger partial charge is 0.233 e. The Hall–Kier alpha value is -2.32. The lowest BCUT2D eigenvalue weighted by atomic mass is 10.2. The Morgan fingerprint density at radius 2 is 2.22 bits per heavy atom. The molecule has 0 unspecified atom stereocenters. The number of thioether (sulfide) groups is 1. The first-order valence-electron chi connectivity index (χ1n) is 8.77. The highest BCUT2D eigenvalue weighted by atomic mass is 32.2. The maximum atomic E-state index is 12.7. The summed E-state index contributed by atoms with van der Waals surface area (Å²) in [6, 6.07) is 12.0. The van der Waals surface area contributed by atoms with Gasteiger partial charge in [-0.3, -0.25) is 9.89 Å². The van der Waals surface area contributed by atoms with E-state index in [9.17, 15) is 4.79 Å². The number of methoxy groups -OCH3 is 1. The maximum absolute atomic E-state index is 12.7. The summed E-state index contributed by atoms with van der Waals surface area (Å²) in [4.78, 5) is 20.5. The Morgan fingerprint density at radius 3 is 2.96 bits per heavy atom. The van der Waals surface area contributed by atoms with Crippen LogP contribution in [0.5, 0.6) is 5.75 Å². The minimum absolute atomic E-state index is 0.145. The van der Waals surface area contributed by atoms with Crippen molar-refractivity contribution >= 4 is 29.0 Å². The number of amides is 1. The lowest BCUT2D eigenvalue weighted by molar-refractivity contribution is -0.129. The quantitative estimate of drug-likeness (QED) is 0.633. The van der Waals surface area contributed by atoms with Crippen molar-refractivity contribution in [3.63, 3.8) is 0 Å². The van der Waals surface area contributed by atoms with E-state index >= 15 is 0 Å². The molecule has 27 heavy (non-hydrogen) atoms. The Balaban J connectivity index is 1.37. The number of thiophene rings is 1. The molecule has 0 bridgehead atoms. The average molecular weight is 401 g/mol. The van der Waals surface area contributed by atoms with Gasteiger partial charge in [0.15, 0.2) is 5.82 Å². The van der Waals surface area contributed by atoms with Gasteiger partial charge in [-0.05, 0) is 48.6 Å². The van der Waals surface area contributed by atoms with Crippen molar-refractivity contribution in [2.75, 3.05) is 19.4 Å². The molecule has 1 atom stereocenters. The average Bonchev–Trinajstić information content (AvgIpc) is 3.47. The van der Waals surface area contributed by atoms with Crippen LogP contribution in [-0.2, 0) is 4.79 Å². The molecule has 2 aromatic heterocycles. The van der Waals surface area contributed by atoms with Crippen LogP contribution in [-0.4, -0.2) is 45.4 Å². The fourth-order valence-corrected chi connectivity index (χ4v) is 4.80. The van der Waals surface area contributed by atoms with Gasteiger partial charge in [0.25, 0.3) is 0 Å². The van der Waals surface area contributed by atoms with Crippen molar-refractivity contribution in [1.82, 2.24) is 20.1 Å². The number of nitrogens with zero attached hydrogens (tertiary/aromatic N) is 3. The number of benzene rings is 1. The molecule has 1 aromatic carbocycles. The lowest BCUT2D eigenvalue weighted by Crippen LogP contribution is -2.31. The fourth-order valence-electron chi connectivity index (χ4n) is 3.24. The number of nitrogens with one attached hydrogen (secondary N) is 1. The second-order valence-corrected chi connectivity index (χ2v) is 8.17. The highest BCUT2D eigenvalue weighted by Gasteiger charge is 2.30. The fraction of sp³-hybridized carbons (Fsp3) is 0.316. The molecule has 1 aliphatic rings. The lowest BCUT2D eigenvalue weighted by Gasteiger charge is -2.23. The predicted molar refractivity (Wildman–Crippen MR) is 107 cm³/mol. The molecule has 1 aliphatic heterocycles. The van der Waals surface area contributed by atoms with Gasteiger partial charge in [0.1, 0.15) is 5.75 Å². The van der Waals surface area contributed by atoms with Crippen LogP contribution in [0.3, 0.4) is 0 Å². The standard InChI is InChI=1S/C19H20N4O2S2/c1-25-14-8-6-13(7-9-14)18-20-19(22-21-18)27-12-17(24)23-10-2-4-15(23)16-5-3-11-26-16/h3,5-9,11,15H,2,4,10,12H2,1H3,(H,20,21,22)/t15-/m0/s1. The van der Waals surface area contributed by atoms with E-state index < -0.39 is 0 Å². The number of carbonyl (C=O) groups excluding carboxylic acids is 1. The molecule has 0 radical (unpaired) electrons. The van der Waals surface area contributed by atoms with E-state index in [1.54, 1.807) is 18.4 Å². The van der Waals surface area contributed by atoms with E-state index in [0.717, 1.165) is 30.7 Å². The van der Waals surface area contributed by atoms with E-state index in [2.05, 4.69) is 26.6 Å². The van der Waals surface area contributed by atoms with Gasteiger partial charge in [-0.1, -0.05) is 17.8 Å². The number of aromatic amines is 1. The van der Waals surface area contributed by atoms with Gasteiger partial charge in [-0.15, -0.1) is 16.4 Å². The van der Waals surface area contributed by atoms with E-state index in [0.29, 0.717) is 16.7 Å². The first-order chi connectivity index (χ1) is 13.2. The zero-order valence-electron chi connectivity index (χ0n) is 14.9. The van der Waals surface area contributed by atoms with Gasteiger partial charge < -0.3 is 9.64 Å². The zero-order valence-corrected chi connectivity index (χ0v) is 16.6. The number of carbonyl (C=O) groups is 1. The molecular formula is C19H20N4O2S2. The topological polar surface area (TPSA) is 71.1 Å². The summed E-state index contributed by atoms with van der Waals surface area (Å²) in [5.41, 5.74) is 0.929. The summed E-state index contributed by atoms with van der Waals surface area (Å²) in [6.45, 7) is 0.826. The van der Waals surface area contributed by atoms with Crippen LogP contribution < -0.4 is 4.74 Å². The second kappa shape index (κ2) is 8.14. The third-order valence-corrected chi connectivity index (χ3v) is 6.40. The van der Waals surface area contributed by atoms with Crippen LogP contribution >= 0.6 is 23.1 Å².